The van der Waals surface area contributed by atoms with Crippen molar-refractivity contribution in [1.82, 2.24) is 4.98 Å². The Morgan fingerprint density at radius 1 is 1.29 bits per heavy atom. The highest BCUT2D eigenvalue weighted by molar-refractivity contribution is 5.99. The van der Waals surface area contributed by atoms with Crippen molar-refractivity contribution in [1.29, 1.82) is 0 Å². The fourth-order valence-electron chi connectivity index (χ4n) is 2.00. The molecule has 3 rings (SSSR count). The van der Waals surface area contributed by atoms with E-state index in [2.05, 4.69) is 10.3 Å². The molecule has 3 nitrogen and oxygen atoms in total. The van der Waals surface area contributed by atoms with Gasteiger partial charge in [-0.05, 0) is 29.3 Å². The first kappa shape index (κ1) is 9.96. The van der Waals surface area contributed by atoms with Gasteiger partial charge in [0.15, 0.2) is 0 Å². The number of anilines is 1. The van der Waals surface area contributed by atoms with E-state index in [1.165, 1.54) is 6.07 Å². The highest BCUT2D eigenvalue weighted by atomic mass is 19.1. The molecule has 1 aliphatic rings. The normalized spacial score (nSPS) is 13.4. The molecular weight excluding hydrogens is 219 g/mol. The van der Waals surface area contributed by atoms with E-state index in [0.717, 1.165) is 11.1 Å². The fraction of sp³-hybridized carbons (Fsp3) is 0.0769. The molecule has 0 spiro atoms. The van der Waals surface area contributed by atoms with Crippen LogP contribution in [0.4, 0.5) is 10.1 Å². The molecule has 0 saturated heterocycles. The van der Waals surface area contributed by atoms with Crippen molar-refractivity contribution < 1.29 is 9.18 Å². The van der Waals surface area contributed by atoms with Gasteiger partial charge in [-0.3, -0.25) is 9.78 Å². The van der Waals surface area contributed by atoms with Gasteiger partial charge in [0.1, 0.15) is 5.82 Å². The first-order valence-electron chi connectivity index (χ1n) is 5.27. The number of halogens is 1. The molecule has 1 aromatic heterocycles. The molecule has 0 saturated carbocycles. The number of aromatic nitrogens is 1. The van der Waals surface area contributed by atoms with Gasteiger partial charge < -0.3 is 5.32 Å². The average molecular weight is 228 g/mol. The van der Waals surface area contributed by atoms with Crippen LogP contribution in [0.2, 0.25) is 0 Å². The molecule has 4 heteroatoms. The van der Waals surface area contributed by atoms with Crippen LogP contribution in [0.1, 0.15) is 5.56 Å². The monoisotopic (exact) mass is 228 g/mol. The van der Waals surface area contributed by atoms with Crippen molar-refractivity contribution in [3.63, 3.8) is 0 Å². The summed E-state index contributed by atoms with van der Waals surface area (Å²) < 4.78 is 13.8. The summed E-state index contributed by atoms with van der Waals surface area (Å²) in [6.07, 6.45) is 3.57. The Hall–Kier alpha value is -2.23. The molecule has 0 radical (unpaired) electrons. The Morgan fingerprint density at radius 2 is 2.18 bits per heavy atom. The Morgan fingerprint density at radius 3 is 2.94 bits per heavy atom. The molecule has 1 aliphatic heterocycles. The SMILES string of the molecule is O=C1Cc2cc(-c3cccnc3)cc(F)c2N1. The summed E-state index contributed by atoms with van der Waals surface area (Å²) in [6.45, 7) is 0. The molecule has 0 aliphatic carbocycles. The smallest absolute Gasteiger partial charge is 0.228 e. The van der Waals surface area contributed by atoms with Gasteiger partial charge in [0.05, 0.1) is 12.1 Å². The van der Waals surface area contributed by atoms with E-state index in [0.29, 0.717) is 11.3 Å². The third-order valence-electron chi connectivity index (χ3n) is 2.78. The van der Waals surface area contributed by atoms with Crippen molar-refractivity contribution in [3.05, 3.63) is 48.0 Å². The first-order valence-corrected chi connectivity index (χ1v) is 5.27. The van der Waals surface area contributed by atoms with Gasteiger partial charge in [0.25, 0.3) is 0 Å². The standard InChI is InChI=1S/C13H9FN2O/c14-11-5-9(8-2-1-3-15-7-8)4-10-6-12(17)16-13(10)11/h1-5,7H,6H2,(H,16,17). The number of rotatable bonds is 1. The van der Waals surface area contributed by atoms with E-state index in [1.807, 2.05) is 12.1 Å². The molecule has 0 atom stereocenters. The summed E-state index contributed by atoms with van der Waals surface area (Å²) in [5.41, 5.74) is 2.59. The molecule has 2 heterocycles. The van der Waals surface area contributed by atoms with Gasteiger partial charge in [0.2, 0.25) is 5.91 Å². The topological polar surface area (TPSA) is 42.0 Å². The van der Waals surface area contributed by atoms with Gasteiger partial charge in [-0.15, -0.1) is 0 Å². The van der Waals surface area contributed by atoms with E-state index in [4.69, 9.17) is 0 Å². The lowest BCUT2D eigenvalue weighted by Gasteiger charge is -2.05. The number of carbonyl (C=O) groups is 1. The van der Waals surface area contributed by atoms with Crippen molar-refractivity contribution in [2.45, 2.75) is 6.42 Å². The van der Waals surface area contributed by atoms with Gasteiger partial charge >= 0.3 is 0 Å². The van der Waals surface area contributed by atoms with E-state index in [1.54, 1.807) is 18.5 Å². The Balaban J connectivity index is 2.13. The average Bonchev–Trinajstić information content (AvgIpc) is 2.71. The van der Waals surface area contributed by atoms with E-state index in [-0.39, 0.29) is 12.3 Å². The maximum absolute atomic E-state index is 13.8. The van der Waals surface area contributed by atoms with Crippen molar-refractivity contribution in [3.8, 4) is 11.1 Å². The lowest BCUT2D eigenvalue weighted by Crippen LogP contribution is -2.04. The third kappa shape index (κ3) is 1.67. The van der Waals surface area contributed by atoms with Gasteiger partial charge in [0, 0.05) is 18.0 Å². The number of hydrogen-bond donors (Lipinski definition) is 1. The number of nitrogens with zero attached hydrogens (tertiary/aromatic N) is 1. The summed E-state index contributed by atoms with van der Waals surface area (Å²) in [4.78, 5) is 15.2. The number of hydrogen-bond acceptors (Lipinski definition) is 2. The van der Waals surface area contributed by atoms with Crippen LogP contribution in [0.5, 0.6) is 0 Å². The Bertz CT molecular complexity index is 596. The van der Waals surface area contributed by atoms with E-state index >= 15 is 0 Å². The number of carbonyl (C=O) groups excluding carboxylic acids is 1. The van der Waals surface area contributed by atoms with Crippen molar-refractivity contribution in [2.75, 3.05) is 5.32 Å². The third-order valence-corrected chi connectivity index (χ3v) is 2.78. The molecule has 1 N–H and O–H groups in total. The zero-order valence-corrected chi connectivity index (χ0v) is 8.90. The molecule has 1 aromatic carbocycles. The van der Waals surface area contributed by atoms with Gasteiger partial charge in [-0.25, -0.2) is 4.39 Å². The van der Waals surface area contributed by atoms with Crippen LogP contribution in [0, 0.1) is 5.82 Å². The predicted molar refractivity (Wildman–Crippen MR) is 62.0 cm³/mol. The lowest BCUT2D eigenvalue weighted by molar-refractivity contribution is -0.115. The Labute approximate surface area is 97.3 Å². The summed E-state index contributed by atoms with van der Waals surface area (Å²) in [5.74, 6) is -0.561. The fourth-order valence-corrected chi connectivity index (χ4v) is 2.00. The molecule has 84 valence electrons. The van der Waals surface area contributed by atoms with Crippen molar-refractivity contribution >= 4 is 11.6 Å². The molecule has 0 bridgehead atoms. The number of amides is 1. The summed E-state index contributed by atoms with van der Waals surface area (Å²) in [7, 11) is 0. The number of benzene rings is 1. The van der Waals surface area contributed by atoms with Crippen molar-refractivity contribution in [2.24, 2.45) is 0 Å². The quantitative estimate of drug-likeness (QED) is 0.814. The largest absolute Gasteiger partial charge is 0.323 e. The Kier molecular flexibility index (Phi) is 2.14. The minimum absolute atomic E-state index is 0.165. The van der Waals surface area contributed by atoms with E-state index in [9.17, 15) is 9.18 Å². The summed E-state index contributed by atoms with van der Waals surface area (Å²) >= 11 is 0. The molecule has 17 heavy (non-hydrogen) atoms. The van der Waals surface area contributed by atoms with Crippen LogP contribution in [-0.2, 0) is 11.2 Å². The minimum atomic E-state index is -0.396. The number of fused-ring (bicyclic) bond motifs is 1. The first-order chi connectivity index (χ1) is 8.24. The second-order valence-corrected chi connectivity index (χ2v) is 3.96. The zero-order chi connectivity index (χ0) is 11.8. The number of pyridine rings is 1. The highest BCUT2D eigenvalue weighted by Crippen LogP contribution is 2.31. The maximum Gasteiger partial charge on any atom is 0.228 e. The maximum atomic E-state index is 13.8. The van der Waals surface area contributed by atoms with Crippen LogP contribution in [0.15, 0.2) is 36.7 Å². The van der Waals surface area contributed by atoms with Gasteiger partial charge in [-0.2, -0.15) is 0 Å². The van der Waals surface area contributed by atoms with Crippen LogP contribution in [0.3, 0.4) is 0 Å². The highest BCUT2D eigenvalue weighted by Gasteiger charge is 2.22. The molecule has 1 amide bonds. The van der Waals surface area contributed by atoms with Crippen LogP contribution >= 0.6 is 0 Å². The zero-order valence-electron chi connectivity index (χ0n) is 8.90. The molecular formula is C13H9FN2O. The lowest BCUT2D eigenvalue weighted by atomic mass is 10.0. The minimum Gasteiger partial charge on any atom is -0.323 e. The van der Waals surface area contributed by atoms with Crippen LogP contribution in [0.25, 0.3) is 11.1 Å². The second kappa shape index (κ2) is 3.66. The van der Waals surface area contributed by atoms with Gasteiger partial charge in [-0.1, -0.05) is 6.07 Å². The summed E-state index contributed by atoms with van der Waals surface area (Å²) in [6, 6.07) is 6.90. The summed E-state index contributed by atoms with van der Waals surface area (Å²) in [5, 5.41) is 2.51. The number of nitrogens with one attached hydrogen (secondary N) is 1. The molecule has 0 unspecified atom stereocenters. The van der Waals surface area contributed by atoms with Crippen LogP contribution in [-0.4, -0.2) is 10.9 Å². The van der Waals surface area contributed by atoms with E-state index < -0.39 is 5.82 Å². The molecule has 2 aromatic rings. The predicted octanol–water partition coefficient (Wildman–Crippen LogP) is 2.38. The second-order valence-electron chi connectivity index (χ2n) is 3.96. The molecule has 0 fully saturated rings. The van der Waals surface area contributed by atoms with Crippen LogP contribution < -0.4 is 5.32 Å².